The normalized spacial score (nSPS) is 25.8. The van der Waals surface area contributed by atoms with Crippen LogP contribution >= 0.6 is 0 Å². The number of nitrogens with zero attached hydrogens (tertiary/aromatic N) is 1. The van der Waals surface area contributed by atoms with Gasteiger partial charge in [0.15, 0.2) is 0 Å². The molecule has 16 heavy (non-hydrogen) atoms. The molecular formula is C13H26N2O. The minimum atomic E-state index is 0.227. The lowest BCUT2D eigenvalue weighted by atomic mass is 9.80. The van der Waals surface area contributed by atoms with E-state index in [4.69, 9.17) is 5.73 Å². The Morgan fingerprint density at radius 1 is 1.44 bits per heavy atom. The first kappa shape index (κ1) is 13.5. The molecule has 1 aliphatic carbocycles. The average Bonchev–Trinajstić information content (AvgIpc) is 2.29. The molecule has 94 valence electrons. The van der Waals surface area contributed by atoms with E-state index in [1.807, 2.05) is 4.90 Å². The predicted octanol–water partition coefficient (Wildman–Crippen LogP) is 2.01. The third-order valence-electron chi connectivity index (χ3n) is 3.71. The standard InChI is InChI=1S/C13H26N2O/c1-4-15(10(2)3)13(16)12-7-5-6-11(8-12)9-14/h10-12H,4-9,14H2,1-3H3. The van der Waals surface area contributed by atoms with Gasteiger partial charge >= 0.3 is 0 Å². The highest BCUT2D eigenvalue weighted by Crippen LogP contribution is 2.30. The van der Waals surface area contributed by atoms with Gasteiger partial charge in [0, 0.05) is 18.5 Å². The molecule has 2 unspecified atom stereocenters. The second kappa shape index (κ2) is 6.24. The summed E-state index contributed by atoms with van der Waals surface area (Å²) in [6.07, 6.45) is 4.42. The molecule has 0 aromatic rings. The molecule has 0 radical (unpaired) electrons. The smallest absolute Gasteiger partial charge is 0.225 e. The Hall–Kier alpha value is -0.570. The summed E-state index contributed by atoms with van der Waals surface area (Å²) in [5.41, 5.74) is 5.71. The second-order valence-electron chi connectivity index (χ2n) is 5.18. The van der Waals surface area contributed by atoms with Crippen molar-refractivity contribution in [2.24, 2.45) is 17.6 Å². The van der Waals surface area contributed by atoms with Crippen LogP contribution in [0.1, 0.15) is 46.5 Å². The van der Waals surface area contributed by atoms with Gasteiger partial charge in [0.2, 0.25) is 5.91 Å². The van der Waals surface area contributed by atoms with Crippen LogP contribution in [0.2, 0.25) is 0 Å². The topological polar surface area (TPSA) is 46.3 Å². The van der Waals surface area contributed by atoms with Crippen molar-refractivity contribution in [1.29, 1.82) is 0 Å². The first-order chi connectivity index (χ1) is 7.60. The zero-order valence-electron chi connectivity index (χ0n) is 10.9. The first-order valence-corrected chi connectivity index (χ1v) is 6.60. The molecule has 0 spiro atoms. The van der Waals surface area contributed by atoms with Gasteiger partial charge in [0.1, 0.15) is 0 Å². The van der Waals surface area contributed by atoms with Gasteiger partial charge in [0.25, 0.3) is 0 Å². The number of hydrogen-bond donors (Lipinski definition) is 1. The van der Waals surface area contributed by atoms with E-state index in [1.165, 1.54) is 6.42 Å². The maximum Gasteiger partial charge on any atom is 0.225 e. The van der Waals surface area contributed by atoms with Gasteiger partial charge in [-0.3, -0.25) is 4.79 Å². The molecule has 1 amide bonds. The minimum absolute atomic E-state index is 0.227. The van der Waals surface area contributed by atoms with Crippen LogP contribution in [0.25, 0.3) is 0 Å². The lowest BCUT2D eigenvalue weighted by Crippen LogP contribution is -2.42. The molecule has 0 saturated heterocycles. The molecule has 0 aromatic heterocycles. The first-order valence-electron chi connectivity index (χ1n) is 6.60. The molecule has 1 aliphatic rings. The molecule has 1 saturated carbocycles. The molecule has 1 rings (SSSR count). The molecular weight excluding hydrogens is 200 g/mol. The summed E-state index contributed by atoms with van der Waals surface area (Å²) in [7, 11) is 0. The van der Waals surface area contributed by atoms with Gasteiger partial charge in [-0.2, -0.15) is 0 Å². The van der Waals surface area contributed by atoms with E-state index in [9.17, 15) is 4.79 Å². The van der Waals surface area contributed by atoms with Crippen molar-refractivity contribution in [1.82, 2.24) is 4.90 Å². The van der Waals surface area contributed by atoms with Crippen LogP contribution < -0.4 is 5.73 Å². The summed E-state index contributed by atoms with van der Waals surface area (Å²) >= 11 is 0. The Kier molecular flexibility index (Phi) is 5.26. The van der Waals surface area contributed by atoms with Crippen molar-refractivity contribution < 1.29 is 4.79 Å². The molecule has 0 heterocycles. The van der Waals surface area contributed by atoms with Crippen LogP contribution in [-0.2, 0) is 4.79 Å². The average molecular weight is 226 g/mol. The molecule has 1 fully saturated rings. The van der Waals surface area contributed by atoms with Crippen LogP contribution in [0.4, 0.5) is 0 Å². The lowest BCUT2D eigenvalue weighted by Gasteiger charge is -2.33. The summed E-state index contributed by atoms with van der Waals surface area (Å²) in [5, 5.41) is 0. The number of amides is 1. The fraction of sp³-hybridized carbons (Fsp3) is 0.923. The van der Waals surface area contributed by atoms with E-state index in [1.54, 1.807) is 0 Å². The van der Waals surface area contributed by atoms with Crippen LogP contribution in [0.5, 0.6) is 0 Å². The minimum Gasteiger partial charge on any atom is -0.340 e. The van der Waals surface area contributed by atoms with Gasteiger partial charge in [-0.15, -0.1) is 0 Å². The maximum absolute atomic E-state index is 12.3. The summed E-state index contributed by atoms with van der Waals surface area (Å²) in [6, 6.07) is 0.316. The quantitative estimate of drug-likeness (QED) is 0.797. The van der Waals surface area contributed by atoms with E-state index in [-0.39, 0.29) is 5.92 Å². The summed E-state index contributed by atoms with van der Waals surface area (Å²) in [5.74, 6) is 1.13. The highest BCUT2D eigenvalue weighted by atomic mass is 16.2. The van der Waals surface area contributed by atoms with Gasteiger partial charge in [-0.25, -0.2) is 0 Å². The Morgan fingerprint density at radius 3 is 2.62 bits per heavy atom. The fourth-order valence-electron chi connectivity index (χ4n) is 2.74. The van der Waals surface area contributed by atoms with E-state index in [0.717, 1.165) is 32.4 Å². The van der Waals surface area contributed by atoms with Gasteiger partial charge < -0.3 is 10.6 Å². The summed E-state index contributed by atoms with van der Waals surface area (Å²) < 4.78 is 0. The molecule has 3 heteroatoms. The molecule has 3 nitrogen and oxygen atoms in total. The van der Waals surface area contributed by atoms with Crippen molar-refractivity contribution in [2.45, 2.75) is 52.5 Å². The monoisotopic (exact) mass is 226 g/mol. The SMILES string of the molecule is CCN(C(=O)C1CCCC(CN)C1)C(C)C. The Balaban J connectivity index is 2.58. The Labute approximate surface area is 99.4 Å². The van der Waals surface area contributed by atoms with Crippen LogP contribution in [-0.4, -0.2) is 29.9 Å². The molecule has 0 aliphatic heterocycles. The number of carbonyl (C=O) groups is 1. The third-order valence-corrected chi connectivity index (χ3v) is 3.71. The number of carbonyl (C=O) groups excluding carboxylic acids is 1. The number of rotatable bonds is 4. The molecule has 0 aromatic carbocycles. The van der Waals surface area contributed by atoms with Gasteiger partial charge in [-0.05, 0) is 52.5 Å². The van der Waals surface area contributed by atoms with Crippen molar-refractivity contribution in [3.8, 4) is 0 Å². The summed E-state index contributed by atoms with van der Waals surface area (Å²) in [6.45, 7) is 7.79. The van der Waals surface area contributed by atoms with Gasteiger partial charge in [0.05, 0.1) is 0 Å². The third kappa shape index (κ3) is 3.21. The predicted molar refractivity (Wildman–Crippen MR) is 67.0 cm³/mol. The second-order valence-corrected chi connectivity index (χ2v) is 5.18. The Morgan fingerprint density at radius 2 is 2.12 bits per heavy atom. The van der Waals surface area contributed by atoms with Gasteiger partial charge in [-0.1, -0.05) is 6.42 Å². The highest BCUT2D eigenvalue weighted by molar-refractivity contribution is 5.79. The van der Waals surface area contributed by atoms with Crippen LogP contribution in [0, 0.1) is 11.8 Å². The largest absolute Gasteiger partial charge is 0.340 e. The maximum atomic E-state index is 12.3. The number of hydrogen-bond acceptors (Lipinski definition) is 2. The zero-order chi connectivity index (χ0) is 12.1. The summed E-state index contributed by atoms with van der Waals surface area (Å²) in [4.78, 5) is 14.3. The van der Waals surface area contributed by atoms with Crippen LogP contribution in [0.3, 0.4) is 0 Å². The van der Waals surface area contributed by atoms with Crippen LogP contribution in [0.15, 0.2) is 0 Å². The van der Waals surface area contributed by atoms with E-state index in [0.29, 0.717) is 17.9 Å². The number of nitrogens with two attached hydrogens (primary N) is 1. The Bertz CT molecular complexity index is 228. The molecule has 0 bridgehead atoms. The van der Waals surface area contributed by atoms with Crippen molar-refractivity contribution in [2.75, 3.05) is 13.1 Å². The van der Waals surface area contributed by atoms with E-state index >= 15 is 0 Å². The van der Waals surface area contributed by atoms with E-state index < -0.39 is 0 Å². The highest BCUT2D eigenvalue weighted by Gasteiger charge is 2.29. The lowest BCUT2D eigenvalue weighted by molar-refractivity contribution is -0.138. The van der Waals surface area contributed by atoms with Crippen molar-refractivity contribution in [3.05, 3.63) is 0 Å². The van der Waals surface area contributed by atoms with Crippen molar-refractivity contribution >= 4 is 5.91 Å². The fourth-order valence-corrected chi connectivity index (χ4v) is 2.74. The zero-order valence-corrected chi connectivity index (χ0v) is 10.9. The molecule has 2 N–H and O–H groups in total. The van der Waals surface area contributed by atoms with E-state index in [2.05, 4.69) is 20.8 Å². The molecule has 2 atom stereocenters. The van der Waals surface area contributed by atoms with Crippen molar-refractivity contribution in [3.63, 3.8) is 0 Å².